The molecule has 0 saturated carbocycles. The monoisotopic (exact) mass is 481 g/mol. The number of morpholine rings is 1. The highest BCUT2D eigenvalue weighted by atomic mass is 35.5. The van der Waals surface area contributed by atoms with E-state index < -0.39 is 0 Å². The minimum atomic E-state index is -0.0904. The molecule has 9 heteroatoms. The lowest BCUT2D eigenvalue weighted by molar-refractivity contribution is 0.0376. The van der Waals surface area contributed by atoms with Crippen molar-refractivity contribution in [3.8, 4) is 0 Å². The molecular weight excluding hydrogens is 458 g/mol. The Morgan fingerprint density at radius 3 is 2.76 bits per heavy atom. The van der Waals surface area contributed by atoms with E-state index in [1.54, 1.807) is 23.4 Å². The fourth-order valence-electron chi connectivity index (χ4n) is 4.07. The average molecular weight is 482 g/mol. The predicted octanol–water partition coefficient (Wildman–Crippen LogP) is 4.57. The second kappa shape index (κ2) is 9.69. The third-order valence-corrected chi connectivity index (χ3v) is 7.03. The van der Waals surface area contributed by atoms with Crippen molar-refractivity contribution in [2.24, 2.45) is 0 Å². The topological polar surface area (TPSA) is 71.5 Å². The van der Waals surface area contributed by atoms with Crippen molar-refractivity contribution in [2.45, 2.75) is 13.3 Å². The van der Waals surface area contributed by atoms with Gasteiger partial charge in [-0.1, -0.05) is 22.9 Å². The summed E-state index contributed by atoms with van der Waals surface area (Å²) in [6.45, 7) is 6.85. The number of anilines is 1. The van der Waals surface area contributed by atoms with Crippen molar-refractivity contribution in [1.82, 2.24) is 19.9 Å². The molecule has 1 fully saturated rings. The first-order valence-corrected chi connectivity index (χ1v) is 12.2. The molecule has 3 heterocycles. The number of carbonyl (C=O) groups is 1. The highest BCUT2D eigenvalue weighted by molar-refractivity contribution is 7.22. The molecule has 0 spiro atoms. The van der Waals surface area contributed by atoms with Crippen LogP contribution in [-0.4, -0.2) is 65.2 Å². The lowest BCUT2D eigenvalue weighted by atomic mass is 10.1. The fourth-order valence-corrected chi connectivity index (χ4v) is 5.52. The van der Waals surface area contributed by atoms with Crippen LogP contribution in [0.3, 0.4) is 0 Å². The number of amides is 1. The van der Waals surface area contributed by atoms with E-state index in [0.29, 0.717) is 27.8 Å². The number of carbonyl (C=O) groups excluding carboxylic acids is 1. The summed E-state index contributed by atoms with van der Waals surface area (Å²) in [7, 11) is 0. The summed E-state index contributed by atoms with van der Waals surface area (Å²) in [6.07, 6.45) is 4.13. The first kappa shape index (κ1) is 22.2. The van der Waals surface area contributed by atoms with Crippen molar-refractivity contribution in [3.05, 3.63) is 58.9 Å². The minimum Gasteiger partial charge on any atom is -0.379 e. The van der Waals surface area contributed by atoms with E-state index in [1.807, 2.05) is 31.2 Å². The van der Waals surface area contributed by atoms with Gasteiger partial charge in [-0.05, 0) is 49.2 Å². The molecule has 1 aliphatic heterocycles. The summed E-state index contributed by atoms with van der Waals surface area (Å²) in [5.41, 5.74) is 3.92. The van der Waals surface area contributed by atoms with E-state index in [0.717, 1.165) is 60.6 Å². The van der Waals surface area contributed by atoms with Crippen LogP contribution in [0.5, 0.6) is 0 Å². The van der Waals surface area contributed by atoms with Crippen LogP contribution >= 0.6 is 22.9 Å². The standard InChI is InChI=1S/C24H24ClN5O2S/c1-16-13-18(25)15-21-22(16)28-24(33-21)30(8-2-7-29-9-11-32-12-10-29)23(31)17-3-4-19-20(14-17)27-6-5-26-19/h3-6,13-15H,2,7-12H2,1H3. The Morgan fingerprint density at radius 1 is 1.15 bits per heavy atom. The fraction of sp³-hybridized carbons (Fsp3) is 0.333. The molecule has 0 bridgehead atoms. The maximum atomic E-state index is 13.7. The van der Waals surface area contributed by atoms with Gasteiger partial charge in [-0.15, -0.1) is 0 Å². The van der Waals surface area contributed by atoms with E-state index in [1.165, 1.54) is 11.3 Å². The highest BCUT2D eigenvalue weighted by Gasteiger charge is 2.23. The van der Waals surface area contributed by atoms with Crippen LogP contribution in [0.4, 0.5) is 5.13 Å². The number of hydrogen-bond donors (Lipinski definition) is 0. The summed E-state index contributed by atoms with van der Waals surface area (Å²) in [5.74, 6) is -0.0904. The number of halogens is 1. The number of ether oxygens (including phenoxy) is 1. The summed E-state index contributed by atoms with van der Waals surface area (Å²) in [4.78, 5) is 31.3. The first-order valence-electron chi connectivity index (χ1n) is 11.0. The van der Waals surface area contributed by atoms with Crippen LogP contribution in [0.1, 0.15) is 22.3 Å². The molecule has 2 aromatic carbocycles. The maximum Gasteiger partial charge on any atom is 0.260 e. The zero-order chi connectivity index (χ0) is 22.8. The molecule has 4 aromatic rings. The van der Waals surface area contributed by atoms with Gasteiger partial charge in [0.25, 0.3) is 5.91 Å². The lowest BCUT2D eigenvalue weighted by Crippen LogP contribution is -2.39. The number of fused-ring (bicyclic) bond motifs is 2. The Morgan fingerprint density at radius 2 is 1.94 bits per heavy atom. The van der Waals surface area contributed by atoms with E-state index in [-0.39, 0.29) is 5.91 Å². The van der Waals surface area contributed by atoms with Crippen molar-refractivity contribution in [1.29, 1.82) is 0 Å². The van der Waals surface area contributed by atoms with E-state index in [4.69, 9.17) is 21.3 Å². The second-order valence-electron chi connectivity index (χ2n) is 8.09. The third kappa shape index (κ3) is 4.84. The molecule has 0 radical (unpaired) electrons. The van der Waals surface area contributed by atoms with Crippen LogP contribution in [0.15, 0.2) is 42.7 Å². The number of hydrogen-bond acceptors (Lipinski definition) is 7. The van der Waals surface area contributed by atoms with Gasteiger partial charge in [-0.25, -0.2) is 4.98 Å². The summed E-state index contributed by atoms with van der Waals surface area (Å²) in [6, 6.07) is 9.26. The Bertz CT molecular complexity index is 1300. The van der Waals surface area contributed by atoms with Gasteiger partial charge in [0.15, 0.2) is 5.13 Å². The average Bonchev–Trinajstić information content (AvgIpc) is 3.26. The number of thiazole rings is 1. The Kier molecular flexibility index (Phi) is 6.50. The zero-order valence-electron chi connectivity index (χ0n) is 18.3. The molecule has 33 heavy (non-hydrogen) atoms. The van der Waals surface area contributed by atoms with Gasteiger partial charge in [0.05, 0.1) is 34.5 Å². The molecule has 1 saturated heterocycles. The summed E-state index contributed by atoms with van der Waals surface area (Å²) < 4.78 is 6.42. The highest BCUT2D eigenvalue weighted by Crippen LogP contribution is 2.34. The second-order valence-corrected chi connectivity index (χ2v) is 9.54. The minimum absolute atomic E-state index is 0.0904. The molecule has 7 nitrogen and oxygen atoms in total. The molecule has 2 aromatic heterocycles. The number of aryl methyl sites for hydroxylation is 1. The normalized spacial score (nSPS) is 14.7. The van der Waals surface area contributed by atoms with Crippen molar-refractivity contribution in [3.63, 3.8) is 0 Å². The SMILES string of the molecule is Cc1cc(Cl)cc2sc(N(CCCN3CCOCC3)C(=O)c3ccc4nccnc4c3)nc12. The Hall–Kier alpha value is -2.65. The molecule has 170 valence electrons. The van der Waals surface area contributed by atoms with Gasteiger partial charge in [-0.3, -0.25) is 24.6 Å². The van der Waals surface area contributed by atoms with Gasteiger partial charge in [-0.2, -0.15) is 0 Å². The largest absolute Gasteiger partial charge is 0.379 e. The van der Waals surface area contributed by atoms with E-state index >= 15 is 0 Å². The molecule has 1 aliphatic rings. The van der Waals surface area contributed by atoms with Crippen LogP contribution in [0.25, 0.3) is 21.3 Å². The van der Waals surface area contributed by atoms with Gasteiger partial charge in [0.1, 0.15) is 0 Å². The van der Waals surface area contributed by atoms with Crippen LogP contribution in [0, 0.1) is 6.92 Å². The quantitative estimate of drug-likeness (QED) is 0.401. The first-order chi connectivity index (χ1) is 16.1. The maximum absolute atomic E-state index is 13.7. The number of nitrogens with zero attached hydrogens (tertiary/aromatic N) is 5. The molecule has 5 rings (SSSR count). The van der Waals surface area contributed by atoms with Crippen LogP contribution in [0.2, 0.25) is 5.02 Å². The summed E-state index contributed by atoms with van der Waals surface area (Å²) >= 11 is 7.76. The zero-order valence-corrected chi connectivity index (χ0v) is 19.9. The summed E-state index contributed by atoms with van der Waals surface area (Å²) in [5, 5.41) is 1.36. The van der Waals surface area contributed by atoms with Crippen molar-refractivity contribution < 1.29 is 9.53 Å². The smallest absolute Gasteiger partial charge is 0.260 e. The molecule has 0 atom stereocenters. The van der Waals surface area contributed by atoms with Gasteiger partial charge < -0.3 is 4.74 Å². The van der Waals surface area contributed by atoms with E-state index in [9.17, 15) is 4.79 Å². The Balaban J connectivity index is 1.45. The number of rotatable bonds is 6. The van der Waals surface area contributed by atoms with Gasteiger partial charge in [0, 0.05) is 49.2 Å². The third-order valence-electron chi connectivity index (χ3n) is 5.79. The van der Waals surface area contributed by atoms with Crippen LogP contribution < -0.4 is 4.90 Å². The molecular formula is C24H24ClN5O2S. The molecule has 0 aliphatic carbocycles. The van der Waals surface area contributed by atoms with Crippen molar-refractivity contribution >= 4 is 55.2 Å². The van der Waals surface area contributed by atoms with Crippen LogP contribution in [-0.2, 0) is 4.74 Å². The van der Waals surface area contributed by atoms with Gasteiger partial charge >= 0.3 is 0 Å². The molecule has 1 amide bonds. The lowest BCUT2D eigenvalue weighted by Gasteiger charge is -2.27. The van der Waals surface area contributed by atoms with E-state index in [2.05, 4.69) is 14.9 Å². The van der Waals surface area contributed by atoms with Gasteiger partial charge in [0.2, 0.25) is 0 Å². The van der Waals surface area contributed by atoms with Crippen molar-refractivity contribution in [2.75, 3.05) is 44.3 Å². The molecule has 0 unspecified atom stereocenters. The predicted molar refractivity (Wildman–Crippen MR) is 132 cm³/mol. The Labute approximate surface area is 201 Å². The number of benzene rings is 2. The molecule has 0 N–H and O–H groups in total. The number of aromatic nitrogens is 3.